The Hall–Kier alpha value is -1.36. The van der Waals surface area contributed by atoms with Crippen molar-refractivity contribution in [2.45, 2.75) is 51.7 Å². The largest absolute Gasteiger partial charge is 0.466 e. The lowest BCUT2D eigenvalue weighted by Gasteiger charge is -2.31. The van der Waals surface area contributed by atoms with Gasteiger partial charge in [-0.15, -0.1) is 0 Å². The molecule has 5 heteroatoms. The van der Waals surface area contributed by atoms with Gasteiger partial charge in [0.2, 0.25) is 5.91 Å². The van der Waals surface area contributed by atoms with Gasteiger partial charge < -0.3 is 14.4 Å². The van der Waals surface area contributed by atoms with Gasteiger partial charge in [0.25, 0.3) is 0 Å². The minimum atomic E-state index is -0.350. The molecule has 0 aliphatic carbocycles. The summed E-state index contributed by atoms with van der Waals surface area (Å²) >= 11 is 0. The number of carbonyl (C=O) groups excluding carboxylic acids is 2. The van der Waals surface area contributed by atoms with Gasteiger partial charge in [-0.2, -0.15) is 0 Å². The summed E-state index contributed by atoms with van der Waals surface area (Å²) in [5.74, 6) is -0.278. The van der Waals surface area contributed by atoms with E-state index in [1.54, 1.807) is 4.90 Å². The second kappa shape index (κ2) is 4.96. The number of nitrogens with zero attached hydrogens (tertiary/aromatic N) is 1. The van der Waals surface area contributed by atoms with Gasteiger partial charge >= 0.3 is 5.97 Å². The summed E-state index contributed by atoms with van der Waals surface area (Å²) in [4.78, 5) is 25.5. The van der Waals surface area contributed by atoms with Gasteiger partial charge in [-0.05, 0) is 33.6 Å². The van der Waals surface area contributed by atoms with Gasteiger partial charge in [0.1, 0.15) is 6.10 Å². The van der Waals surface area contributed by atoms with Crippen molar-refractivity contribution in [3.63, 3.8) is 0 Å². The van der Waals surface area contributed by atoms with Crippen LogP contribution in [0.5, 0.6) is 0 Å². The van der Waals surface area contributed by atoms with E-state index in [4.69, 9.17) is 9.47 Å². The number of amides is 1. The first-order valence-corrected chi connectivity index (χ1v) is 6.63. The first-order valence-electron chi connectivity index (χ1n) is 6.63. The Morgan fingerprint density at radius 2 is 2.00 bits per heavy atom. The molecule has 5 nitrogen and oxygen atoms in total. The van der Waals surface area contributed by atoms with Crippen LogP contribution in [-0.2, 0) is 19.1 Å². The van der Waals surface area contributed by atoms with Crippen LogP contribution >= 0.6 is 0 Å². The van der Waals surface area contributed by atoms with Crippen molar-refractivity contribution in [3.05, 3.63) is 11.3 Å². The SMILES string of the molecule is COC(=O)C1=C2[C@@H](OC(C)(C)C)CCN2C(=O)CC1. The van der Waals surface area contributed by atoms with Crippen LogP contribution in [-0.4, -0.2) is 42.1 Å². The monoisotopic (exact) mass is 267 g/mol. The minimum Gasteiger partial charge on any atom is -0.466 e. The molecule has 1 saturated heterocycles. The lowest BCUT2D eigenvalue weighted by Crippen LogP contribution is -2.36. The molecule has 0 N–H and O–H groups in total. The molecule has 0 aromatic rings. The molecule has 0 aromatic carbocycles. The van der Waals surface area contributed by atoms with Gasteiger partial charge in [0, 0.05) is 13.0 Å². The van der Waals surface area contributed by atoms with Gasteiger partial charge in [0.15, 0.2) is 0 Å². The van der Waals surface area contributed by atoms with E-state index in [1.165, 1.54) is 7.11 Å². The van der Waals surface area contributed by atoms with Crippen LogP contribution in [0.4, 0.5) is 0 Å². The van der Waals surface area contributed by atoms with E-state index >= 15 is 0 Å². The smallest absolute Gasteiger partial charge is 0.335 e. The molecule has 19 heavy (non-hydrogen) atoms. The molecule has 0 saturated carbocycles. The van der Waals surface area contributed by atoms with Gasteiger partial charge in [-0.1, -0.05) is 0 Å². The van der Waals surface area contributed by atoms with Crippen molar-refractivity contribution in [1.29, 1.82) is 0 Å². The molecule has 0 bridgehead atoms. The van der Waals surface area contributed by atoms with Crippen molar-refractivity contribution in [2.24, 2.45) is 0 Å². The fourth-order valence-electron chi connectivity index (χ4n) is 2.66. The van der Waals surface area contributed by atoms with Crippen molar-refractivity contribution in [3.8, 4) is 0 Å². The topological polar surface area (TPSA) is 55.8 Å². The highest BCUT2D eigenvalue weighted by molar-refractivity contribution is 5.94. The molecule has 0 unspecified atom stereocenters. The number of esters is 1. The van der Waals surface area contributed by atoms with Crippen molar-refractivity contribution < 1.29 is 19.1 Å². The van der Waals surface area contributed by atoms with Crippen LogP contribution in [0.1, 0.15) is 40.0 Å². The third kappa shape index (κ3) is 2.81. The fraction of sp³-hybridized carbons (Fsp3) is 0.714. The van der Waals surface area contributed by atoms with Crippen LogP contribution in [0.2, 0.25) is 0 Å². The number of hydrogen-bond acceptors (Lipinski definition) is 4. The normalized spacial score (nSPS) is 23.7. The first-order chi connectivity index (χ1) is 8.83. The average Bonchev–Trinajstić information content (AvgIpc) is 2.71. The Labute approximate surface area is 113 Å². The van der Waals surface area contributed by atoms with Crippen LogP contribution in [0.3, 0.4) is 0 Å². The summed E-state index contributed by atoms with van der Waals surface area (Å²) in [5.41, 5.74) is 1.00. The molecule has 106 valence electrons. The highest BCUT2D eigenvalue weighted by Crippen LogP contribution is 2.36. The third-order valence-electron chi connectivity index (χ3n) is 3.34. The minimum absolute atomic E-state index is 0.0719. The van der Waals surface area contributed by atoms with E-state index in [0.29, 0.717) is 25.0 Å². The molecule has 0 radical (unpaired) electrons. The van der Waals surface area contributed by atoms with E-state index in [2.05, 4.69) is 0 Å². The lowest BCUT2D eigenvalue weighted by molar-refractivity contribution is -0.137. The Morgan fingerprint density at radius 3 is 2.58 bits per heavy atom. The number of hydrogen-bond donors (Lipinski definition) is 0. The molecule has 2 rings (SSSR count). The highest BCUT2D eigenvalue weighted by Gasteiger charge is 2.41. The summed E-state index contributed by atoms with van der Waals surface area (Å²) in [6, 6.07) is 0. The number of methoxy groups -OCH3 is 1. The Morgan fingerprint density at radius 1 is 1.32 bits per heavy atom. The molecule has 2 aliphatic heterocycles. The predicted molar refractivity (Wildman–Crippen MR) is 69.2 cm³/mol. The van der Waals surface area contributed by atoms with Crippen molar-refractivity contribution in [1.82, 2.24) is 4.90 Å². The van der Waals surface area contributed by atoms with E-state index < -0.39 is 0 Å². The molecule has 2 aliphatic rings. The number of ether oxygens (including phenoxy) is 2. The van der Waals surface area contributed by atoms with Crippen molar-refractivity contribution >= 4 is 11.9 Å². The molecule has 0 aromatic heterocycles. The molecular formula is C14H21NO4. The maximum Gasteiger partial charge on any atom is 0.335 e. The van der Waals surface area contributed by atoms with Crippen LogP contribution in [0, 0.1) is 0 Å². The highest BCUT2D eigenvalue weighted by atomic mass is 16.5. The fourth-order valence-corrected chi connectivity index (χ4v) is 2.66. The number of rotatable bonds is 2. The second-order valence-electron chi connectivity index (χ2n) is 5.91. The lowest BCUT2D eigenvalue weighted by atomic mass is 10.00. The Kier molecular flexibility index (Phi) is 3.67. The Bertz CT molecular complexity index is 433. The van der Waals surface area contributed by atoms with Gasteiger partial charge in [-0.25, -0.2) is 4.79 Å². The number of carbonyl (C=O) groups is 2. The van der Waals surface area contributed by atoms with E-state index in [0.717, 1.165) is 12.1 Å². The van der Waals surface area contributed by atoms with Gasteiger partial charge in [0.05, 0.1) is 24.0 Å². The molecule has 1 amide bonds. The summed E-state index contributed by atoms with van der Waals surface area (Å²) in [6.07, 6.45) is 1.36. The summed E-state index contributed by atoms with van der Waals surface area (Å²) in [6.45, 7) is 6.53. The standard InChI is InChI=1S/C14H21NO4/c1-14(2,3)19-10-7-8-15-11(16)6-5-9(12(10)15)13(17)18-4/h10H,5-8H2,1-4H3/t10-/m0/s1. The maximum atomic E-state index is 11.9. The molecule has 0 spiro atoms. The predicted octanol–water partition coefficient (Wildman–Crippen LogP) is 1.62. The second-order valence-corrected chi connectivity index (χ2v) is 5.91. The zero-order valence-corrected chi connectivity index (χ0v) is 12.0. The molecule has 2 heterocycles. The van der Waals surface area contributed by atoms with Crippen LogP contribution < -0.4 is 0 Å². The summed E-state index contributed by atoms with van der Waals surface area (Å²) < 4.78 is 10.8. The van der Waals surface area contributed by atoms with E-state index in [1.807, 2.05) is 20.8 Å². The van der Waals surface area contributed by atoms with E-state index in [-0.39, 0.29) is 23.6 Å². The van der Waals surface area contributed by atoms with Gasteiger partial charge in [-0.3, -0.25) is 4.79 Å². The van der Waals surface area contributed by atoms with Crippen LogP contribution in [0.15, 0.2) is 11.3 Å². The summed E-state index contributed by atoms with van der Waals surface area (Å²) in [7, 11) is 1.37. The van der Waals surface area contributed by atoms with Crippen molar-refractivity contribution in [2.75, 3.05) is 13.7 Å². The molecular weight excluding hydrogens is 246 g/mol. The van der Waals surface area contributed by atoms with Crippen LogP contribution in [0.25, 0.3) is 0 Å². The summed E-state index contributed by atoms with van der Waals surface area (Å²) in [5, 5.41) is 0. The molecule has 1 atom stereocenters. The zero-order chi connectivity index (χ0) is 14.2. The first kappa shape index (κ1) is 14.1. The third-order valence-corrected chi connectivity index (χ3v) is 3.34. The Balaban J connectivity index is 2.35. The zero-order valence-electron chi connectivity index (χ0n) is 12.0. The van der Waals surface area contributed by atoms with E-state index in [9.17, 15) is 9.59 Å². The average molecular weight is 267 g/mol. The number of fused-ring (bicyclic) bond motifs is 1. The quantitative estimate of drug-likeness (QED) is 0.713. The molecule has 1 fully saturated rings. The maximum absolute atomic E-state index is 11.9.